The summed E-state index contributed by atoms with van der Waals surface area (Å²) >= 11 is 0. The number of anilines is 1. The van der Waals surface area contributed by atoms with Gasteiger partial charge in [-0.2, -0.15) is 13.1 Å². The van der Waals surface area contributed by atoms with E-state index in [2.05, 4.69) is 10.1 Å². The molecule has 1 saturated heterocycles. The molecule has 4 rings (SSSR count). The van der Waals surface area contributed by atoms with Crippen molar-refractivity contribution in [1.29, 1.82) is 0 Å². The number of hydrogen-bond acceptors (Lipinski definition) is 5. The van der Waals surface area contributed by atoms with Gasteiger partial charge in [0.1, 0.15) is 5.75 Å². The van der Waals surface area contributed by atoms with Crippen molar-refractivity contribution in [3.63, 3.8) is 0 Å². The van der Waals surface area contributed by atoms with E-state index in [0.717, 1.165) is 24.8 Å². The van der Waals surface area contributed by atoms with E-state index < -0.39 is 22.7 Å². The molecule has 0 bridgehead atoms. The molecule has 1 heterocycles. The van der Waals surface area contributed by atoms with Gasteiger partial charge in [-0.15, -0.1) is 0 Å². The van der Waals surface area contributed by atoms with E-state index in [4.69, 9.17) is 0 Å². The minimum atomic E-state index is -3.57. The Morgan fingerprint density at radius 1 is 1.00 bits per heavy atom. The number of aryl methyl sites for hydroxylation is 2. The van der Waals surface area contributed by atoms with Crippen LogP contribution in [0.4, 0.5) is 14.5 Å². The third kappa shape index (κ3) is 5.34. The van der Waals surface area contributed by atoms with Crippen molar-refractivity contribution in [2.75, 3.05) is 31.5 Å². The second-order valence-electron chi connectivity index (χ2n) is 8.29. The molecular formula is C23H27F2N3O4S. The van der Waals surface area contributed by atoms with Crippen LogP contribution in [0.5, 0.6) is 5.75 Å². The summed E-state index contributed by atoms with van der Waals surface area (Å²) in [6.45, 7) is 0.317. The average Bonchev–Trinajstić information content (AvgIpc) is 3.27. The lowest BCUT2D eigenvalue weighted by molar-refractivity contribution is -0.121. The van der Waals surface area contributed by atoms with E-state index in [1.165, 1.54) is 34.1 Å². The maximum Gasteiger partial charge on any atom is 0.387 e. The quantitative estimate of drug-likeness (QED) is 0.660. The van der Waals surface area contributed by atoms with Gasteiger partial charge in [-0.3, -0.25) is 9.69 Å². The Morgan fingerprint density at radius 2 is 1.67 bits per heavy atom. The highest BCUT2D eigenvalue weighted by Crippen LogP contribution is 2.27. The molecule has 1 aliphatic heterocycles. The average molecular weight is 480 g/mol. The molecule has 2 aliphatic rings. The molecule has 1 N–H and O–H groups in total. The molecule has 0 spiro atoms. The van der Waals surface area contributed by atoms with Crippen molar-refractivity contribution in [1.82, 2.24) is 9.21 Å². The van der Waals surface area contributed by atoms with E-state index in [1.54, 1.807) is 19.1 Å². The number of rotatable bonds is 7. The minimum absolute atomic E-state index is 0.0109. The van der Waals surface area contributed by atoms with Gasteiger partial charge in [0.2, 0.25) is 15.9 Å². The molecule has 0 radical (unpaired) electrons. The first-order valence-electron chi connectivity index (χ1n) is 11.0. The largest absolute Gasteiger partial charge is 0.435 e. The predicted octanol–water partition coefficient (Wildman–Crippen LogP) is 3.11. The highest BCUT2D eigenvalue weighted by atomic mass is 32.2. The Hall–Kier alpha value is -2.56. The zero-order valence-electron chi connectivity index (χ0n) is 18.3. The number of benzene rings is 2. The number of carbonyl (C=O) groups excluding carboxylic acids is 1. The number of alkyl halides is 2. The van der Waals surface area contributed by atoms with Crippen LogP contribution in [0.25, 0.3) is 0 Å². The van der Waals surface area contributed by atoms with Crippen molar-refractivity contribution in [2.45, 2.75) is 43.7 Å². The van der Waals surface area contributed by atoms with Gasteiger partial charge in [0.25, 0.3) is 0 Å². The molecular weight excluding hydrogens is 452 g/mol. The Morgan fingerprint density at radius 3 is 2.33 bits per heavy atom. The predicted molar refractivity (Wildman–Crippen MR) is 120 cm³/mol. The fraction of sp³-hybridized carbons (Fsp3) is 0.435. The number of amides is 1. The van der Waals surface area contributed by atoms with E-state index >= 15 is 0 Å². The maximum absolute atomic E-state index is 13.1. The minimum Gasteiger partial charge on any atom is -0.435 e. The van der Waals surface area contributed by atoms with E-state index in [1.807, 2.05) is 11.0 Å². The van der Waals surface area contributed by atoms with Crippen molar-refractivity contribution >= 4 is 21.6 Å². The third-order valence-corrected chi connectivity index (χ3v) is 8.15. The molecule has 2 aromatic rings. The number of piperazine rings is 1. The van der Waals surface area contributed by atoms with E-state index in [9.17, 15) is 22.0 Å². The fourth-order valence-corrected chi connectivity index (χ4v) is 5.79. The van der Waals surface area contributed by atoms with Crippen LogP contribution in [0.1, 0.15) is 24.5 Å². The smallest absolute Gasteiger partial charge is 0.387 e. The number of fused-ring (bicyclic) bond motifs is 1. The summed E-state index contributed by atoms with van der Waals surface area (Å²) in [6, 6.07) is 10.6. The lowest BCUT2D eigenvalue weighted by atomic mass is 10.1. The molecule has 1 atom stereocenters. The number of nitrogens with one attached hydrogen (secondary N) is 1. The summed E-state index contributed by atoms with van der Waals surface area (Å²) < 4.78 is 56.5. The van der Waals surface area contributed by atoms with Crippen LogP contribution in [-0.4, -0.2) is 62.4 Å². The van der Waals surface area contributed by atoms with Crippen molar-refractivity contribution in [3.05, 3.63) is 53.6 Å². The fourth-order valence-electron chi connectivity index (χ4n) is 4.32. The second-order valence-corrected chi connectivity index (χ2v) is 10.2. The Bertz CT molecular complexity index is 1100. The van der Waals surface area contributed by atoms with E-state index in [-0.39, 0.29) is 11.7 Å². The summed E-state index contributed by atoms with van der Waals surface area (Å²) in [6.07, 6.45) is 2.98. The Kier molecular flexibility index (Phi) is 6.96. The molecule has 0 unspecified atom stereocenters. The third-order valence-electron chi connectivity index (χ3n) is 6.26. The molecule has 0 aromatic heterocycles. The molecule has 1 aliphatic carbocycles. The van der Waals surface area contributed by atoms with Gasteiger partial charge in [0.15, 0.2) is 0 Å². The summed E-state index contributed by atoms with van der Waals surface area (Å²) in [7, 11) is -3.57. The number of sulfonamides is 1. The molecule has 2 aromatic carbocycles. The van der Waals surface area contributed by atoms with Crippen LogP contribution >= 0.6 is 0 Å². The van der Waals surface area contributed by atoms with Crippen LogP contribution in [0.2, 0.25) is 0 Å². The topological polar surface area (TPSA) is 79.0 Å². The van der Waals surface area contributed by atoms with Gasteiger partial charge in [0, 0.05) is 31.9 Å². The van der Waals surface area contributed by atoms with Crippen molar-refractivity contribution < 1.29 is 26.7 Å². The first-order valence-corrected chi connectivity index (χ1v) is 12.4. The molecule has 0 saturated carbocycles. The lowest BCUT2D eigenvalue weighted by Crippen LogP contribution is -2.53. The maximum atomic E-state index is 13.1. The van der Waals surface area contributed by atoms with Crippen molar-refractivity contribution in [3.8, 4) is 5.75 Å². The molecule has 10 heteroatoms. The van der Waals surface area contributed by atoms with E-state index in [0.29, 0.717) is 36.8 Å². The van der Waals surface area contributed by atoms with Gasteiger partial charge < -0.3 is 10.1 Å². The summed E-state index contributed by atoms with van der Waals surface area (Å²) in [5.74, 6) is -0.246. The number of hydrogen-bond donors (Lipinski definition) is 1. The highest BCUT2D eigenvalue weighted by Gasteiger charge is 2.32. The van der Waals surface area contributed by atoms with Gasteiger partial charge >= 0.3 is 6.61 Å². The van der Waals surface area contributed by atoms with Crippen molar-refractivity contribution in [2.24, 2.45) is 0 Å². The first kappa shape index (κ1) is 23.6. The summed E-state index contributed by atoms with van der Waals surface area (Å²) in [5, 5.41) is 2.76. The molecule has 1 amide bonds. The first-order chi connectivity index (χ1) is 15.7. The molecule has 178 valence electrons. The molecule has 1 fully saturated rings. The molecule has 7 nitrogen and oxygen atoms in total. The molecule has 33 heavy (non-hydrogen) atoms. The summed E-state index contributed by atoms with van der Waals surface area (Å²) in [5.41, 5.74) is 2.81. The zero-order valence-corrected chi connectivity index (χ0v) is 19.2. The van der Waals surface area contributed by atoms with Crippen LogP contribution in [-0.2, 0) is 27.7 Å². The van der Waals surface area contributed by atoms with Crippen LogP contribution in [0, 0.1) is 0 Å². The second kappa shape index (κ2) is 9.74. The number of ether oxygens (including phenoxy) is 1. The van der Waals surface area contributed by atoms with Crippen LogP contribution < -0.4 is 10.1 Å². The summed E-state index contributed by atoms with van der Waals surface area (Å²) in [4.78, 5) is 14.9. The van der Waals surface area contributed by atoms with Gasteiger partial charge in [-0.25, -0.2) is 8.42 Å². The highest BCUT2D eigenvalue weighted by molar-refractivity contribution is 7.89. The SMILES string of the molecule is C[C@H](C(=O)Nc1ccc(OC(F)F)cc1)N1CCN(S(=O)(=O)c2ccc3c(c2)CCC3)CC1. The number of halogens is 2. The van der Waals surface area contributed by atoms with Gasteiger partial charge in [-0.05, 0) is 73.7 Å². The number of nitrogens with zero attached hydrogens (tertiary/aromatic N) is 2. The monoisotopic (exact) mass is 479 g/mol. The van der Waals surface area contributed by atoms with Crippen LogP contribution in [0.15, 0.2) is 47.4 Å². The Balaban J connectivity index is 1.32. The zero-order chi connectivity index (χ0) is 23.6. The normalized spacial score (nSPS) is 18.2. The van der Waals surface area contributed by atoms with Gasteiger partial charge in [0.05, 0.1) is 10.9 Å². The lowest BCUT2D eigenvalue weighted by Gasteiger charge is -2.36. The Labute approximate surface area is 192 Å². The van der Waals surface area contributed by atoms with Gasteiger partial charge in [-0.1, -0.05) is 6.07 Å². The number of carbonyl (C=O) groups is 1. The van der Waals surface area contributed by atoms with Crippen LogP contribution in [0.3, 0.4) is 0 Å². The standard InChI is InChI=1S/C23H27F2N3O4S/c1-16(22(29)26-19-6-8-20(9-7-19)32-23(24)25)27-11-13-28(14-12-27)33(30,31)21-10-5-17-3-2-4-18(17)15-21/h5-10,15-16,23H,2-4,11-14H2,1H3,(H,26,29)/t16-/m1/s1.